The summed E-state index contributed by atoms with van der Waals surface area (Å²) < 4.78 is 9.25. The minimum Gasteiger partial charge on any atom is -0.460 e. The fourth-order valence-corrected chi connectivity index (χ4v) is 9.67. The van der Waals surface area contributed by atoms with Crippen molar-refractivity contribution in [2.75, 3.05) is 4.90 Å². The molecule has 1 atom stereocenters. The Kier molecular flexibility index (Phi) is 7.46. The molecular formula is C48H37NOS. The fraction of sp³-hybridized carbons (Fsp3) is 0.125. The van der Waals surface area contributed by atoms with Gasteiger partial charge in [0.25, 0.3) is 0 Å². The van der Waals surface area contributed by atoms with Crippen LogP contribution >= 0.6 is 11.3 Å². The number of thiophene rings is 1. The van der Waals surface area contributed by atoms with Crippen LogP contribution in [0.5, 0.6) is 5.75 Å². The average Bonchev–Trinajstić information content (AvgIpc) is 3.79. The van der Waals surface area contributed by atoms with Crippen LogP contribution in [0.1, 0.15) is 54.7 Å². The summed E-state index contributed by atoms with van der Waals surface area (Å²) >= 11 is 1.96. The second-order valence-electron chi connectivity index (χ2n) is 13.8. The number of allylic oxidation sites excluding steroid dienone is 8. The molecule has 246 valence electrons. The van der Waals surface area contributed by atoms with Gasteiger partial charge in [-0.05, 0) is 95.5 Å². The molecule has 5 aromatic carbocycles. The van der Waals surface area contributed by atoms with Gasteiger partial charge in [-0.25, -0.2) is 0 Å². The van der Waals surface area contributed by atoms with Crippen LogP contribution in [-0.2, 0) is 0 Å². The first-order chi connectivity index (χ1) is 25.3. The molecule has 4 aliphatic rings. The van der Waals surface area contributed by atoms with Crippen LogP contribution in [0, 0.1) is 0 Å². The van der Waals surface area contributed by atoms with Gasteiger partial charge in [-0.3, -0.25) is 0 Å². The second-order valence-corrected chi connectivity index (χ2v) is 14.8. The minimum atomic E-state index is 0.283. The smallest absolute Gasteiger partial charge is 0.130 e. The molecule has 0 saturated carbocycles. The van der Waals surface area contributed by atoms with Crippen LogP contribution in [0.3, 0.4) is 0 Å². The van der Waals surface area contributed by atoms with Gasteiger partial charge < -0.3 is 9.64 Å². The molecule has 51 heavy (non-hydrogen) atoms. The predicted molar refractivity (Wildman–Crippen MR) is 215 cm³/mol. The maximum absolute atomic E-state index is 6.49. The zero-order chi connectivity index (χ0) is 33.7. The third-order valence-corrected chi connectivity index (χ3v) is 12.0. The van der Waals surface area contributed by atoms with E-state index in [1.165, 1.54) is 75.9 Å². The van der Waals surface area contributed by atoms with Crippen molar-refractivity contribution in [1.29, 1.82) is 0 Å². The summed E-state index contributed by atoms with van der Waals surface area (Å²) in [6, 6.07) is 44.3. The van der Waals surface area contributed by atoms with Crippen LogP contribution in [-0.4, -0.2) is 0 Å². The van der Waals surface area contributed by atoms with E-state index in [-0.39, 0.29) is 5.92 Å². The summed E-state index contributed by atoms with van der Waals surface area (Å²) in [6.07, 6.45) is 19.2. The fourth-order valence-electron chi connectivity index (χ4n) is 8.27. The van der Waals surface area contributed by atoms with Gasteiger partial charge >= 0.3 is 0 Å². The molecular weight excluding hydrogens is 639 g/mol. The summed E-state index contributed by atoms with van der Waals surface area (Å²) in [5, 5.41) is 2.74. The first-order valence-electron chi connectivity index (χ1n) is 18.2. The molecule has 3 aliphatic carbocycles. The summed E-state index contributed by atoms with van der Waals surface area (Å²) in [7, 11) is 0. The van der Waals surface area contributed by atoms with Gasteiger partial charge in [0.05, 0.1) is 4.53 Å². The number of anilines is 2. The number of nitrogens with zero attached hydrogens (tertiary/aromatic N) is 1. The molecule has 0 amide bonds. The molecule has 1 aromatic heterocycles. The molecule has 0 fully saturated rings. The highest BCUT2D eigenvalue weighted by atomic mass is 32.1. The molecule has 10 rings (SSSR count). The lowest BCUT2D eigenvalue weighted by Crippen LogP contribution is -2.31. The minimum absolute atomic E-state index is 0.283. The van der Waals surface area contributed by atoms with E-state index < -0.39 is 0 Å². The molecule has 0 spiro atoms. The lowest BCUT2D eigenvalue weighted by atomic mass is 9.87. The van der Waals surface area contributed by atoms with Gasteiger partial charge in [0.1, 0.15) is 11.5 Å². The second kappa shape index (κ2) is 12.6. The summed E-state index contributed by atoms with van der Waals surface area (Å²) in [4.78, 5) is 2.51. The van der Waals surface area contributed by atoms with E-state index in [9.17, 15) is 0 Å². The van der Waals surface area contributed by atoms with Gasteiger partial charge in [-0.1, -0.05) is 127 Å². The Morgan fingerprint density at radius 3 is 2.20 bits per heavy atom. The van der Waals surface area contributed by atoms with Crippen molar-refractivity contribution >= 4 is 55.7 Å². The van der Waals surface area contributed by atoms with Crippen molar-refractivity contribution in [3.63, 3.8) is 0 Å². The van der Waals surface area contributed by atoms with Crippen molar-refractivity contribution in [1.82, 2.24) is 0 Å². The molecule has 3 heteroatoms. The van der Waals surface area contributed by atoms with E-state index in [0.29, 0.717) is 0 Å². The van der Waals surface area contributed by atoms with E-state index in [1.54, 1.807) is 0 Å². The number of hydrogen-bond donors (Lipinski definition) is 0. The molecule has 6 aromatic rings. The predicted octanol–water partition coefficient (Wildman–Crippen LogP) is 11.7. The van der Waals surface area contributed by atoms with Crippen LogP contribution in [0.15, 0.2) is 157 Å². The first-order valence-corrected chi connectivity index (χ1v) is 19.0. The molecule has 1 aliphatic heterocycles. The van der Waals surface area contributed by atoms with Crippen molar-refractivity contribution in [2.24, 2.45) is 0 Å². The normalized spacial score (nSPS) is 17.4. The van der Waals surface area contributed by atoms with E-state index >= 15 is 0 Å². The molecule has 1 unspecified atom stereocenters. The Hall–Kier alpha value is -5.64. The number of rotatable bonds is 6. The molecule has 2 nitrogen and oxygen atoms in total. The zero-order valence-electron chi connectivity index (χ0n) is 28.4. The van der Waals surface area contributed by atoms with Crippen LogP contribution in [0.25, 0.3) is 44.1 Å². The lowest BCUT2D eigenvalue weighted by molar-refractivity contribution is 0.429. The highest BCUT2D eigenvalue weighted by Crippen LogP contribution is 2.48. The third-order valence-electron chi connectivity index (χ3n) is 10.7. The Balaban J connectivity index is 1.12. The molecule has 0 bridgehead atoms. The number of ether oxygens (including phenoxy) is 1. The maximum Gasteiger partial charge on any atom is 0.130 e. The molecule has 0 N–H and O–H groups in total. The van der Waals surface area contributed by atoms with Gasteiger partial charge in [0.2, 0.25) is 0 Å². The van der Waals surface area contributed by atoms with Gasteiger partial charge in [0.15, 0.2) is 0 Å². The average molecular weight is 676 g/mol. The topological polar surface area (TPSA) is 12.5 Å². The molecule has 2 heterocycles. The summed E-state index contributed by atoms with van der Waals surface area (Å²) in [5.74, 6) is 2.35. The van der Waals surface area contributed by atoms with Crippen LogP contribution in [0.4, 0.5) is 11.4 Å². The van der Waals surface area contributed by atoms with Crippen molar-refractivity contribution in [3.8, 4) is 16.9 Å². The molecule has 0 saturated heterocycles. The Morgan fingerprint density at radius 1 is 0.627 bits per heavy atom. The third kappa shape index (κ3) is 5.23. The van der Waals surface area contributed by atoms with Gasteiger partial charge in [0, 0.05) is 44.2 Å². The first kappa shape index (κ1) is 30.2. The van der Waals surface area contributed by atoms with E-state index in [4.69, 9.17) is 4.74 Å². The van der Waals surface area contributed by atoms with Crippen molar-refractivity contribution < 1.29 is 4.74 Å². The van der Waals surface area contributed by atoms with E-state index in [2.05, 4.69) is 163 Å². The quantitative estimate of drug-likeness (QED) is 0.174. The monoisotopic (exact) mass is 675 g/mol. The summed E-state index contributed by atoms with van der Waals surface area (Å²) in [5.41, 5.74) is 12.5. The number of fused-ring (bicyclic) bond motifs is 6. The van der Waals surface area contributed by atoms with E-state index in [1.807, 2.05) is 11.3 Å². The highest BCUT2D eigenvalue weighted by Gasteiger charge is 2.33. The maximum atomic E-state index is 6.49. The van der Waals surface area contributed by atoms with Gasteiger partial charge in [-0.2, -0.15) is 0 Å². The highest BCUT2D eigenvalue weighted by molar-refractivity contribution is 7.17. The van der Waals surface area contributed by atoms with Crippen molar-refractivity contribution in [2.45, 2.75) is 38.0 Å². The van der Waals surface area contributed by atoms with Crippen LogP contribution < -0.4 is 19.4 Å². The SMILES string of the molecule is C1=CC(c2cccc3c4c(sc23)=C(N(c2ccc(C3=C5Oc6ccccc6C5CC=C3)cc2)c2ccc(-c3ccccc3)cc2)CCC=4)=CCC1. The standard InChI is InChI=1S/C48H37NOS/c1-3-12-32(13-4-1)33-24-28-36(29-25-33)49(37-30-26-35(27-31-37)38-17-9-19-41-40-16-7-8-23-45(40)50-46(38)41)44-22-11-21-43-42-20-10-18-39(47(42)51-48(43)44)34-14-5-2-6-15-34/h1,3-5,7-10,12-18,20-21,23-31,41H,2,6,11,19,22H2. The Labute approximate surface area is 303 Å². The van der Waals surface area contributed by atoms with Gasteiger partial charge in [-0.15, -0.1) is 11.3 Å². The van der Waals surface area contributed by atoms with Crippen molar-refractivity contribution in [3.05, 3.63) is 184 Å². The number of para-hydroxylation sites is 1. The lowest BCUT2D eigenvalue weighted by Gasteiger charge is -2.29. The summed E-state index contributed by atoms with van der Waals surface area (Å²) in [6.45, 7) is 0. The zero-order valence-corrected chi connectivity index (χ0v) is 29.2. The Bertz CT molecular complexity index is 2560. The number of hydrogen-bond acceptors (Lipinski definition) is 3. The van der Waals surface area contributed by atoms with E-state index in [0.717, 1.165) is 43.6 Å². The largest absolute Gasteiger partial charge is 0.460 e. The molecule has 0 radical (unpaired) electrons. The Morgan fingerprint density at radius 2 is 1.39 bits per heavy atom. The van der Waals surface area contributed by atoms with Crippen LogP contribution in [0.2, 0.25) is 0 Å². The number of benzene rings is 5.